The van der Waals surface area contributed by atoms with Gasteiger partial charge in [0.25, 0.3) is 0 Å². The molecule has 20 heavy (non-hydrogen) atoms. The predicted molar refractivity (Wildman–Crippen MR) is 73.9 cm³/mol. The zero-order valence-electron chi connectivity index (χ0n) is 11.5. The number of benzene rings is 1. The number of carboxylic acid groups (broad SMARTS) is 1. The highest BCUT2D eigenvalue weighted by Crippen LogP contribution is 2.34. The van der Waals surface area contributed by atoms with E-state index in [1.807, 2.05) is 0 Å². The van der Waals surface area contributed by atoms with Crippen molar-refractivity contribution in [1.29, 1.82) is 0 Å². The van der Waals surface area contributed by atoms with Gasteiger partial charge in [0, 0.05) is 0 Å². The summed E-state index contributed by atoms with van der Waals surface area (Å²) in [6.45, 7) is 0. The Morgan fingerprint density at radius 3 is 2.60 bits per heavy atom. The summed E-state index contributed by atoms with van der Waals surface area (Å²) in [6, 6.07) is 6.01. The van der Waals surface area contributed by atoms with E-state index >= 15 is 0 Å². The van der Waals surface area contributed by atoms with Gasteiger partial charge < -0.3 is 10.2 Å². The summed E-state index contributed by atoms with van der Waals surface area (Å²) in [5.41, 5.74) is -0.203. The van der Waals surface area contributed by atoms with Crippen LogP contribution in [0.2, 0.25) is 0 Å². The van der Waals surface area contributed by atoms with Crippen LogP contribution < -0.4 is 0 Å². The molecular formula is C16H21FO3. The van der Waals surface area contributed by atoms with Gasteiger partial charge in [-0.15, -0.1) is 0 Å². The predicted octanol–water partition coefficient (Wildman–Crippen LogP) is 3.15. The first-order chi connectivity index (χ1) is 9.48. The summed E-state index contributed by atoms with van der Waals surface area (Å²) in [4.78, 5) is 11.4. The second-order valence-electron chi connectivity index (χ2n) is 5.86. The van der Waals surface area contributed by atoms with Gasteiger partial charge in [-0.2, -0.15) is 0 Å². The number of aliphatic hydroxyl groups is 1. The van der Waals surface area contributed by atoms with Gasteiger partial charge in [0.1, 0.15) is 5.82 Å². The van der Waals surface area contributed by atoms with Crippen LogP contribution in [-0.2, 0) is 11.2 Å². The smallest absolute Gasteiger partial charge is 0.306 e. The second kappa shape index (κ2) is 6.35. The van der Waals surface area contributed by atoms with Gasteiger partial charge in [-0.05, 0) is 43.4 Å². The molecule has 1 aromatic carbocycles. The van der Waals surface area contributed by atoms with Crippen molar-refractivity contribution >= 4 is 5.97 Å². The van der Waals surface area contributed by atoms with E-state index in [1.165, 1.54) is 12.1 Å². The molecule has 1 aromatic rings. The second-order valence-corrected chi connectivity index (χ2v) is 5.86. The van der Waals surface area contributed by atoms with Crippen LogP contribution in [0.15, 0.2) is 24.3 Å². The van der Waals surface area contributed by atoms with Gasteiger partial charge in [0.2, 0.25) is 0 Å². The Hall–Kier alpha value is -1.42. The molecule has 2 rings (SSSR count). The Morgan fingerprint density at radius 1 is 1.30 bits per heavy atom. The molecule has 0 amide bonds. The first-order valence-corrected chi connectivity index (χ1v) is 7.18. The fourth-order valence-electron chi connectivity index (χ4n) is 3.07. The lowest BCUT2D eigenvalue weighted by Gasteiger charge is -2.34. The number of carboxylic acids is 1. The lowest BCUT2D eigenvalue weighted by Crippen LogP contribution is -2.36. The van der Waals surface area contributed by atoms with Crippen molar-refractivity contribution < 1.29 is 19.4 Å². The summed E-state index contributed by atoms with van der Waals surface area (Å²) in [7, 11) is 0. The first kappa shape index (κ1) is 15.0. The normalized spacial score (nSPS) is 19.5. The number of hydrogen-bond acceptors (Lipinski definition) is 2. The molecule has 0 aliphatic heterocycles. The van der Waals surface area contributed by atoms with E-state index in [2.05, 4.69) is 0 Å². The van der Waals surface area contributed by atoms with Crippen molar-refractivity contribution in [2.45, 2.75) is 50.5 Å². The van der Waals surface area contributed by atoms with Crippen molar-refractivity contribution in [1.82, 2.24) is 0 Å². The summed E-state index contributed by atoms with van der Waals surface area (Å²) in [5.74, 6) is -1.95. The van der Waals surface area contributed by atoms with Gasteiger partial charge in [-0.3, -0.25) is 4.79 Å². The fourth-order valence-corrected chi connectivity index (χ4v) is 3.07. The van der Waals surface area contributed by atoms with Crippen LogP contribution in [0.5, 0.6) is 0 Å². The molecule has 0 bridgehead atoms. The van der Waals surface area contributed by atoms with Crippen LogP contribution in [0.4, 0.5) is 4.39 Å². The highest BCUT2D eigenvalue weighted by Gasteiger charge is 2.34. The largest absolute Gasteiger partial charge is 0.481 e. The molecule has 1 atom stereocenters. The number of hydrogen-bond donors (Lipinski definition) is 2. The fraction of sp³-hybridized carbons (Fsp3) is 0.562. The molecule has 0 spiro atoms. The van der Waals surface area contributed by atoms with E-state index in [1.54, 1.807) is 12.1 Å². The van der Waals surface area contributed by atoms with E-state index in [9.17, 15) is 19.4 Å². The molecule has 2 N–H and O–H groups in total. The van der Waals surface area contributed by atoms with Gasteiger partial charge in [-0.1, -0.05) is 31.4 Å². The minimum atomic E-state index is -0.923. The third-order valence-corrected chi connectivity index (χ3v) is 4.13. The van der Waals surface area contributed by atoms with Gasteiger partial charge >= 0.3 is 5.97 Å². The zero-order chi connectivity index (χ0) is 14.6. The summed E-state index contributed by atoms with van der Waals surface area (Å²) < 4.78 is 13.2. The molecule has 1 aliphatic carbocycles. The maximum atomic E-state index is 13.2. The van der Waals surface area contributed by atoms with E-state index < -0.39 is 17.5 Å². The maximum Gasteiger partial charge on any atom is 0.306 e. The molecule has 0 saturated heterocycles. The molecule has 1 unspecified atom stereocenters. The van der Waals surface area contributed by atoms with Crippen molar-refractivity contribution in [2.24, 2.45) is 5.92 Å². The number of halogens is 1. The average Bonchev–Trinajstić information content (AvgIpc) is 2.38. The van der Waals surface area contributed by atoms with E-state index in [-0.39, 0.29) is 18.7 Å². The molecule has 1 fully saturated rings. The zero-order valence-corrected chi connectivity index (χ0v) is 11.5. The molecule has 1 aliphatic rings. The van der Waals surface area contributed by atoms with Crippen LogP contribution in [0.1, 0.15) is 44.1 Å². The monoisotopic (exact) mass is 280 g/mol. The Balaban J connectivity index is 2.05. The lowest BCUT2D eigenvalue weighted by molar-refractivity contribution is -0.145. The number of aliphatic carboxylic acids is 1. The van der Waals surface area contributed by atoms with Crippen LogP contribution in [0.3, 0.4) is 0 Å². The maximum absolute atomic E-state index is 13.2. The van der Waals surface area contributed by atoms with E-state index in [4.69, 9.17) is 0 Å². The Labute approximate surface area is 118 Å². The highest BCUT2D eigenvalue weighted by molar-refractivity contribution is 5.70. The molecule has 0 aromatic heterocycles. The van der Waals surface area contributed by atoms with Gasteiger partial charge in [0.05, 0.1) is 11.5 Å². The topological polar surface area (TPSA) is 57.5 Å². The standard InChI is InChI=1S/C16H21FO3/c17-14-6-4-5-12(10-14)9-13(15(18)19)11-16(20)7-2-1-3-8-16/h4-6,10,13,20H,1-3,7-9,11H2,(H,18,19). The lowest BCUT2D eigenvalue weighted by atomic mass is 9.77. The minimum absolute atomic E-state index is 0.249. The summed E-state index contributed by atoms with van der Waals surface area (Å²) in [6.07, 6.45) is 4.84. The minimum Gasteiger partial charge on any atom is -0.481 e. The van der Waals surface area contributed by atoms with E-state index in [0.717, 1.165) is 19.3 Å². The SMILES string of the molecule is O=C(O)C(Cc1cccc(F)c1)CC1(O)CCCCC1. The van der Waals surface area contributed by atoms with Crippen LogP contribution >= 0.6 is 0 Å². The van der Waals surface area contributed by atoms with Crippen molar-refractivity contribution in [3.8, 4) is 0 Å². The average molecular weight is 280 g/mol. The molecule has 1 saturated carbocycles. The molecule has 0 heterocycles. The molecular weight excluding hydrogens is 259 g/mol. The Bertz CT molecular complexity index is 467. The first-order valence-electron chi connectivity index (χ1n) is 7.18. The molecule has 4 heteroatoms. The van der Waals surface area contributed by atoms with Crippen LogP contribution in [0, 0.1) is 11.7 Å². The van der Waals surface area contributed by atoms with E-state index in [0.29, 0.717) is 18.4 Å². The third-order valence-electron chi connectivity index (χ3n) is 4.13. The van der Waals surface area contributed by atoms with Crippen molar-refractivity contribution in [3.63, 3.8) is 0 Å². The molecule has 0 radical (unpaired) electrons. The van der Waals surface area contributed by atoms with Crippen molar-refractivity contribution in [2.75, 3.05) is 0 Å². The number of carbonyl (C=O) groups is 1. The van der Waals surface area contributed by atoms with Crippen molar-refractivity contribution in [3.05, 3.63) is 35.6 Å². The van der Waals surface area contributed by atoms with Crippen LogP contribution in [-0.4, -0.2) is 21.8 Å². The quantitative estimate of drug-likeness (QED) is 0.871. The van der Waals surface area contributed by atoms with Gasteiger partial charge in [0.15, 0.2) is 0 Å². The third kappa shape index (κ3) is 4.04. The van der Waals surface area contributed by atoms with Crippen LogP contribution in [0.25, 0.3) is 0 Å². The summed E-state index contributed by atoms with van der Waals surface area (Å²) >= 11 is 0. The summed E-state index contributed by atoms with van der Waals surface area (Å²) in [5, 5.41) is 19.8. The molecule has 3 nitrogen and oxygen atoms in total. The van der Waals surface area contributed by atoms with Gasteiger partial charge in [-0.25, -0.2) is 4.39 Å². The highest BCUT2D eigenvalue weighted by atomic mass is 19.1. The Morgan fingerprint density at radius 2 is 2.00 bits per heavy atom. The number of rotatable bonds is 5. The Kier molecular flexibility index (Phi) is 4.76. The molecule has 110 valence electrons.